The molecule has 2 atom stereocenters. The maximum absolute atomic E-state index is 6.12. The summed E-state index contributed by atoms with van der Waals surface area (Å²) in [7, 11) is 0. The van der Waals surface area contributed by atoms with E-state index in [1.807, 2.05) is 6.08 Å². The minimum atomic E-state index is 0.0866. The molecule has 1 saturated heterocycles. The first-order valence-electron chi connectivity index (χ1n) is 5.58. The minimum absolute atomic E-state index is 0.0866. The number of allylic oxidation sites excluding steroid dienone is 3. The van der Waals surface area contributed by atoms with Gasteiger partial charge in [0.05, 0.1) is 0 Å². The molecule has 3 heteroatoms. The topological polar surface area (TPSA) is 12.0 Å². The maximum Gasteiger partial charge on any atom is 0.0383 e. The van der Waals surface area contributed by atoms with Crippen molar-refractivity contribution < 1.29 is 0 Å². The molecule has 0 spiro atoms. The van der Waals surface area contributed by atoms with Crippen LogP contribution in [0.15, 0.2) is 22.2 Å². The zero-order chi connectivity index (χ0) is 10.9. The molecule has 84 valence electrons. The molecule has 0 amide bonds. The molecular weight excluding hydrogens is 229 g/mol. The molecular formula is C12H17Cl2N. The van der Waals surface area contributed by atoms with Crippen molar-refractivity contribution >= 4 is 23.2 Å². The summed E-state index contributed by atoms with van der Waals surface area (Å²) in [5.74, 6) is 0. The molecule has 0 bridgehead atoms. The van der Waals surface area contributed by atoms with Gasteiger partial charge in [0.15, 0.2) is 0 Å². The van der Waals surface area contributed by atoms with Crippen LogP contribution in [0.5, 0.6) is 0 Å². The molecule has 0 aromatic heterocycles. The van der Waals surface area contributed by atoms with Crippen LogP contribution in [0.2, 0.25) is 0 Å². The van der Waals surface area contributed by atoms with Crippen LogP contribution in [-0.2, 0) is 0 Å². The standard InChI is InChI=1S/C12H17Cl2N/c1-12(11-4-2-3-5-15-11)7-9(13)6-10(14)8-12/h6-7,11,15H,2-5,8H2,1H3/t11-,12?/m0/s1. The van der Waals surface area contributed by atoms with Gasteiger partial charge in [0.2, 0.25) is 0 Å². The van der Waals surface area contributed by atoms with Gasteiger partial charge in [0.25, 0.3) is 0 Å². The van der Waals surface area contributed by atoms with E-state index in [9.17, 15) is 0 Å². The van der Waals surface area contributed by atoms with Gasteiger partial charge < -0.3 is 5.32 Å². The summed E-state index contributed by atoms with van der Waals surface area (Å²) in [4.78, 5) is 0. The van der Waals surface area contributed by atoms with E-state index in [0.29, 0.717) is 6.04 Å². The Morgan fingerprint density at radius 3 is 2.80 bits per heavy atom. The van der Waals surface area contributed by atoms with E-state index in [2.05, 4.69) is 18.3 Å². The van der Waals surface area contributed by atoms with E-state index >= 15 is 0 Å². The second-order valence-electron chi connectivity index (χ2n) is 4.81. The van der Waals surface area contributed by atoms with Gasteiger partial charge in [-0.05, 0) is 31.9 Å². The second-order valence-corrected chi connectivity index (χ2v) is 5.73. The minimum Gasteiger partial charge on any atom is -0.313 e. The van der Waals surface area contributed by atoms with Crippen molar-refractivity contribution in [3.05, 3.63) is 22.2 Å². The van der Waals surface area contributed by atoms with Crippen LogP contribution >= 0.6 is 23.2 Å². The molecule has 1 heterocycles. The lowest BCUT2D eigenvalue weighted by atomic mass is 9.74. The lowest BCUT2D eigenvalue weighted by Crippen LogP contribution is -2.46. The summed E-state index contributed by atoms with van der Waals surface area (Å²) in [5, 5.41) is 5.23. The van der Waals surface area contributed by atoms with E-state index in [1.54, 1.807) is 0 Å². The van der Waals surface area contributed by atoms with E-state index in [0.717, 1.165) is 23.0 Å². The number of halogens is 2. The van der Waals surface area contributed by atoms with Crippen LogP contribution in [0.1, 0.15) is 32.6 Å². The number of piperidine rings is 1. The van der Waals surface area contributed by atoms with Crippen molar-refractivity contribution in [3.63, 3.8) is 0 Å². The Morgan fingerprint density at radius 2 is 2.20 bits per heavy atom. The molecule has 2 aliphatic rings. The molecule has 0 radical (unpaired) electrons. The first-order valence-corrected chi connectivity index (χ1v) is 6.33. The first kappa shape index (κ1) is 11.5. The van der Waals surface area contributed by atoms with Crippen LogP contribution in [-0.4, -0.2) is 12.6 Å². The Morgan fingerprint density at radius 1 is 1.40 bits per heavy atom. The van der Waals surface area contributed by atoms with Crippen LogP contribution in [0.4, 0.5) is 0 Å². The summed E-state index contributed by atoms with van der Waals surface area (Å²) >= 11 is 12.2. The largest absolute Gasteiger partial charge is 0.313 e. The SMILES string of the molecule is CC1([C@@H]2CCCCN2)C=C(Cl)C=C(Cl)C1. The maximum atomic E-state index is 6.12. The van der Waals surface area contributed by atoms with Crippen LogP contribution < -0.4 is 5.32 Å². The lowest BCUT2D eigenvalue weighted by molar-refractivity contribution is 0.235. The number of rotatable bonds is 1. The van der Waals surface area contributed by atoms with Gasteiger partial charge in [-0.1, -0.05) is 42.6 Å². The van der Waals surface area contributed by atoms with Gasteiger partial charge in [-0.2, -0.15) is 0 Å². The third-order valence-corrected chi connectivity index (χ3v) is 3.88. The van der Waals surface area contributed by atoms with Gasteiger partial charge in [0, 0.05) is 21.5 Å². The number of nitrogens with one attached hydrogen (secondary N) is 1. The van der Waals surface area contributed by atoms with Gasteiger partial charge in [-0.15, -0.1) is 0 Å². The molecule has 1 nitrogen and oxygen atoms in total. The Labute approximate surface area is 102 Å². The summed E-state index contributed by atoms with van der Waals surface area (Å²) in [6.07, 6.45) is 8.73. The zero-order valence-electron chi connectivity index (χ0n) is 9.02. The van der Waals surface area contributed by atoms with Crippen molar-refractivity contribution in [1.29, 1.82) is 0 Å². The van der Waals surface area contributed by atoms with Crippen molar-refractivity contribution in [2.24, 2.45) is 5.41 Å². The predicted octanol–water partition coefficient (Wildman–Crippen LogP) is 3.78. The number of hydrogen-bond donors (Lipinski definition) is 1. The fourth-order valence-corrected chi connectivity index (χ4v) is 3.45. The summed E-state index contributed by atoms with van der Waals surface area (Å²) in [6.45, 7) is 3.36. The summed E-state index contributed by atoms with van der Waals surface area (Å²) < 4.78 is 0. The molecule has 1 N–H and O–H groups in total. The molecule has 1 aliphatic heterocycles. The third-order valence-electron chi connectivity index (χ3n) is 3.42. The van der Waals surface area contributed by atoms with E-state index in [-0.39, 0.29) is 5.41 Å². The Kier molecular flexibility index (Phi) is 3.44. The summed E-state index contributed by atoms with van der Waals surface area (Å²) in [5.41, 5.74) is 0.0866. The zero-order valence-corrected chi connectivity index (χ0v) is 10.5. The Balaban J connectivity index is 2.16. The fraction of sp³-hybridized carbons (Fsp3) is 0.667. The molecule has 2 rings (SSSR count). The molecule has 15 heavy (non-hydrogen) atoms. The average Bonchev–Trinajstić information content (AvgIpc) is 2.17. The normalized spacial score (nSPS) is 37.1. The highest BCUT2D eigenvalue weighted by Crippen LogP contribution is 2.41. The Bertz CT molecular complexity index is 303. The molecule has 1 aliphatic carbocycles. The summed E-state index contributed by atoms with van der Waals surface area (Å²) in [6, 6.07) is 0.516. The van der Waals surface area contributed by atoms with Gasteiger partial charge in [0.1, 0.15) is 0 Å². The van der Waals surface area contributed by atoms with Crippen molar-refractivity contribution in [2.75, 3.05) is 6.54 Å². The quantitative estimate of drug-likeness (QED) is 0.742. The second kappa shape index (κ2) is 4.48. The van der Waals surface area contributed by atoms with Crippen molar-refractivity contribution in [1.82, 2.24) is 5.32 Å². The first-order chi connectivity index (χ1) is 7.10. The van der Waals surface area contributed by atoms with Crippen LogP contribution in [0.3, 0.4) is 0 Å². The van der Waals surface area contributed by atoms with Gasteiger partial charge in [-0.25, -0.2) is 0 Å². The fourth-order valence-electron chi connectivity index (χ4n) is 2.61. The van der Waals surface area contributed by atoms with E-state index in [4.69, 9.17) is 23.2 Å². The highest BCUT2D eigenvalue weighted by Gasteiger charge is 2.35. The average molecular weight is 246 g/mol. The van der Waals surface area contributed by atoms with E-state index < -0.39 is 0 Å². The number of hydrogen-bond acceptors (Lipinski definition) is 1. The predicted molar refractivity (Wildman–Crippen MR) is 66.2 cm³/mol. The molecule has 0 aromatic carbocycles. The van der Waals surface area contributed by atoms with Crippen molar-refractivity contribution in [2.45, 2.75) is 38.6 Å². The van der Waals surface area contributed by atoms with Crippen LogP contribution in [0.25, 0.3) is 0 Å². The molecule has 1 unspecified atom stereocenters. The molecule has 0 saturated carbocycles. The monoisotopic (exact) mass is 245 g/mol. The third kappa shape index (κ3) is 2.58. The van der Waals surface area contributed by atoms with Crippen molar-refractivity contribution in [3.8, 4) is 0 Å². The van der Waals surface area contributed by atoms with Gasteiger partial charge in [-0.3, -0.25) is 0 Å². The molecule has 1 fully saturated rings. The smallest absolute Gasteiger partial charge is 0.0383 e. The lowest BCUT2D eigenvalue weighted by Gasteiger charge is -2.40. The highest BCUT2D eigenvalue weighted by atomic mass is 35.5. The highest BCUT2D eigenvalue weighted by molar-refractivity contribution is 6.35. The van der Waals surface area contributed by atoms with Crippen LogP contribution in [0, 0.1) is 5.41 Å². The Hall–Kier alpha value is 0.0200. The molecule has 0 aromatic rings. The van der Waals surface area contributed by atoms with Gasteiger partial charge >= 0.3 is 0 Å². The van der Waals surface area contributed by atoms with E-state index in [1.165, 1.54) is 19.3 Å².